The fraction of sp³-hybridized carbons (Fsp3) is 0.500. The zero-order chi connectivity index (χ0) is 15.6. The van der Waals surface area contributed by atoms with Crippen LogP contribution in [0.3, 0.4) is 0 Å². The largest absolute Gasteiger partial charge is 0.534 e. The Balaban J connectivity index is 2.66. The Labute approximate surface area is 113 Å². The van der Waals surface area contributed by atoms with Gasteiger partial charge in [-0.1, -0.05) is 6.58 Å². The number of rotatable bonds is 3. The molecule has 0 saturated heterocycles. The maximum atomic E-state index is 12.1. The summed E-state index contributed by atoms with van der Waals surface area (Å²) in [4.78, 5) is 12.6. The van der Waals surface area contributed by atoms with Gasteiger partial charge in [0.1, 0.15) is 5.76 Å². The number of hydrogen-bond donors (Lipinski definition) is 0. The Bertz CT molecular complexity index is 538. The van der Waals surface area contributed by atoms with Gasteiger partial charge in [0.05, 0.1) is 5.76 Å². The van der Waals surface area contributed by atoms with E-state index in [9.17, 15) is 26.4 Å². The predicted octanol–water partition coefficient (Wildman–Crippen LogP) is 2.11. The summed E-state index contributed by atoms with van der Waals surface area (Å²) in [6.45, 7) is 4.69. The summed E-state index contributed by atoms with van der Waals surface area (Å²) < 4.78 is 66.5. The molecule has 1 aliphatic rings. The van der Waals surface area contributed by atoms with Crippen molar-refractivity contribution < 1.29 is 35.3 Å². The van der Waals surface area contributed by atoms with Crippen LogP contribution in [0.4, 0.5) is 18.0 Å². The average Bonchev–Trinajstić information content (AvgIpc) is 2.26. The molecule has 0 spiro atoms. The van der Waals surface area contributed by atoms with E-state index in [1.54, 1.807) is 0 Å². The lowest BCUT2D eigenvalue weighted by Gasteiger charge is -2.25. The Morgan fingerprint density at radius 1 is 1.45 bits per heavy atom. The number of carbonyl (C=O) groups is 1. The summed E-state index contributed by atoms with van der Waals surface area (Å²) >= 11 is 0. The highest BCUT2D eigenvalue weighted by Gasteiger charge is 2.49. The lowest BCUT2D eigenvalue weighted by molar-refractivity contribution is -0.0525. The topological polar surface area (TPSA) is 72.9 Å². The van der Waals surface area contributed by atoms with Crippen molar-refractivity contribution in [2.75, 3.05) is 13.1 Å². The number of hydrogen-bond acceptors (Lipinski definition) is 5. The summed E-state index contributed by atoms with van der Waals surface area (Å²) in [5, 5.41) is 0. The van der Waals surface area contributed by atoms with Crippen LogP contribution in [0, 0.1) is 0 Å². The normalized spacial score (nSPS) is 16.4. The minimum atomic E-state index is -5.67. The summed E-state index contributed by atoms with van der Waals surface area (Å²) in [6, 6.07) is 0. The molecule has 0 atom stereocenters. The molecule has 0 aromatic carbocycles. The van der Waals surface area contributed by atoms with Crippen LogP contribution in [-0.4, -0.2) is 38.0 Å². The fourth-order valence-corrected chi connectivity index (χ4v) is 1.82. The molecule has 0 unspecified atom stereocenters. The molecule has 0 aliphatic carbocycles. The molecule has 1 rings (SSSR count). The number of alkyl halides is 3. The van der Waals surface area contributed by atoms with Gasteiger partial charge < -0.3 is 13.8 Å². The van der Waals surface area contributed by atoms with Crippen LogP contribution in [0.5, 0.6) is 0 Å². The van der Waals surface area contributed by atoms with E-state index in [1.165, 1.54) is 11.8 Å². The van der Waals surface area contributed by atoms with Crippen LogP contribution >= 0.6 is 0 Å². The summed E-state index contributed by atoms with van der Waals surface area (Å²) in [5.74, 6) is -0.192. The first-order valence-corrected chi connectivity index (χ1v) is 6.76. The van der Waals surface area contributed by atoms with E-state index < -0.39 is 21.7 Å². The van der Waals surface area contributed by atoms with E-state index in [4.69, 9.17) is 4.74 Å². The van der Waals surface area contributed by atoms with Crippen LogP contribution in [0.1, 0.15) is 13.3 Å². The highest BCUT2D eigenvalue weighted by Crippen LogP contribution is 2.28. The van der Waals surface area contributed by atoms with Crippen LogP contribution in [-0.2, 0) is 19.0 Å². The Kier molecular flexibility index (Phi) is 4.69. The van der Waals surface area contributed by atoms with Crippen molar-refractivity contribution in [3.63, 3.8) is 0 Å². The van der Waals surface area contributed by atoms with E-state index in [1.807, 2.05) is 0 Å². The first-order chi connectivity index (χ1) is 9.03. The monoisotopic (exact) mass is 315 g/mol. The third-order valence-electron chi connectivity index (χ3n) is 2.19. The van der Waals surface area contributed by atoms with Crippen molar-refractivity contribution in [1.82, 2.24) is 4.90 Å². The molecule has 0 radical (unpaired) electrons. The average molecular weight is 315 g/mol. The molecule has 1 aliphatic heterocycles. The number of halogens is 3. The molecule has 10 heteroatoms. The molecule has 0 fully saturated rings. The molecule has 0 aromatic heterocycles. The van der Waals surface area contributed by atoms with E-state index >= 15 is 0 Å². The van der Waals surface area contributed by atoms with Gasteiger partial charge in [0.15, 0.2) is 0 Å². The first-order valence-electron chi connectivity index (χ1n) is 5.35. The standard InChI is InChI=1S/C10H12F3NO5S/c1-7(2)18-9(15)14-5-3-8(4-6-14)19-20(16,17)10(11,12)13/h3H,1,4-6H2,2H3. The van der Waals surface area contributed by atoms with E-state index in [0.717, 1.165) is 6.08 Å². The fourth-order valence-electron chi connectivity index (χ4n) is 1.29. The van der Waals surface area contributed by atoms with Crippen molar-refractivity contribution in [3.05, 3.63) is 24.2 Å². The van der Waals surface area contributed by atoms with Gasteiger partial charge in [-0.2, -0.15) is 21.6 Å². The Hall–Kier alpha value is -1.71. The van der Waals surface area contributed by atoms with Crippen LogP contribution in [0.25, 0.3) is 0 Å². The van der Waals surface area contributed by atoms with Gasteiger partial charge in [-0.25, -0.2) is 4.79 Å². The number of ether oxygens (including phenoxy) is 1. The van der Waals surface area contributed by atoms with Crippen LogP contribution in [0.15, 0.2) is 24.2 Å². The molecule has 20 heavy (non-hydrogen) atoms. The van der Waals surface area contributed by atoms with Gasteiger partial charge in [0.25, 0.3) is 0 Å². The highest BCUT2D eigenvalue weighted by atomic mass is 32.2. The molecule has 1 heterocycles. The second-order valence-corrected chi connectivity index (χ2v) is 5.46. The number of allylic oxidation sites excluding steroid dienone is 1. The predicted molar refractivity (Wildman–Crippen MR) is 61.6 cm³/mol. The van der Waals surface area contributed by atoms with Crippen molar-refractivity contribution in [1.29, 1.82) is 0 Å². The maximum absolute atomic E-state index is 12.1. The smallest absolute Gasteiger partial charge is 0.416 e. The zero-order valence-corrected chi connectivity index (χ0v) is 11.3. The van der Waals surface area contributed by atoms with Crippen molar-refractivity contribution in [2.45, 2.75) is 18.9 Å². The van der Waals surface area contributed by atoms with Crippen molar-refractivity contribution >= 4 is 16.2 Å². The molecule has 6 nitrogen and oxygen atoms in total. The van der Waals surface area contributed by atoms with Crippen molar-refractivity contribution in [2.24, 2.45) is 0 Å². The third-order valence-corrected chi connectivity index (χ3v) is 3.19. The number of amides is 1. The molecule has 0 N–H and O–H groups in total. The second-order valence-electron chi connectivity index (χ2n) is 3.92. The molecule has 0 bridgehead atoms. The highest BCUT2D eigenvalue weighted by molar-refractivity contribution is 7.87. The SMILES string of the molecule is C=C(C)OC(=O)N1CC=C(OS(=O)(=O)C(F)(F)F)CC1. The van der Waals surface area contributed by atoms with Crippen LogP contribution in [0.2, 0.25) is 0 Å². The quantitative estimate of drug-likeness (QED) is 0.453. The summed E-state index contributed by atoms with van der Waals surface area (Å²) in [6.07, 6.45) is 0.194. The van der Waals surface area contributed by atoms with E-state index in [2.05, 4.69) is 10.8 Å². The molecule has 0 saturated carbocycles. The Morgan fingerprint density at radius 2 is 2.05 bits per heavy atom. The second kappa shape index (κ2) is 5.73. The number of carbonyl (C=O) groups excluding carboxylic acids is 1. The summed E-state index contributed by atoms with van der Waals surface area (Å²) in [7, 11) is -5.67. The third kappa shape index (κ3) is 4.15. The molecule has 0 aromatic rings. The lowest BCUT2D eigenvalue weighted by atomic mass is 10.2. The minimum Gasteiger partial charge on any atom is -0.416 e. The number of nitrogens with zero attached hydrogens (tertiary/aromatic N) is 1. The summed E-state index contributed by atoms with van der Waals surface area (Å²) in [5.41, 5.74) is -5.48. The van der Waals surface area contributed by atoms with E-state index in [-0.39, 0.29) is 31.0 Å². The van der Waals surface area contributed by atoms with Gasteiger partial charge in [-0.3, -0.25) is 0 Å². The van der Waals surface area contributed by atoms with Crippen molar-refractivity contribution in [3.8, 4) is 0 Å². The molecular formula is C10H12F3NO5S. The van der Waals surface area contributed by atoms with E-state index in [0.29, 0.717) is 0 Å². The zero-order valence-electron chi connectivity index (χ0n) is 10.4. The molecule has 114 valence electrons. The van der Waals surface area contributed by atoms with Gasteiger partial charge in [0, 0.05) is 19.5 Å². The van der Waals surface area contributed by atoms with Crippen LogP contribution < -0.4 is 0 Å². The Morgan fingerprint density at radius 3 is 2.45 bits per heavy atom. The van der Waals surface area contributed by atoms with Gasteiger partial charge >= 0.3 is 21.7 Å². The first kappa shape index (κ1) is 16.3. The van der Waals surface area contributed by atoms with Gasteiger partial charge in [-0.05, 0) is 13.0 Å². The molecular weight excluding hydrogens is 303 g/mol. The maximum Gasteiger partial charge on any atom is 0.534 e. The minimum absolute atomic E-state index is 0.0225. The van der Waals surface area contributed by atoms with Gasteiger partial charge in [-0.15, -0.1) is 0 Å². The van der Waals surface area contributed by atoms with Gasteiger partial charge in [0.2, 0.25) is 0 Å². The molecule has 1 amide bonds. The lowest BCUT2D eigenvalue weighted by Crippen LogP contribution is -2.36.